The zero-order valence-corrected chi connectivity index (χ0v) is 16.3. The van der Waals surface area contributed by atoms with Gasteiger partial charge in [-0.05, 0) is 30.5 Å². The van der Waals surface area contributed by atoms with Crippen molar-refractivity contribution in [3.05, 3.63) is 57.3 Å². The molecule has 1 aromatic carbocycles. The van der Waals surface area contributed by atoms with E-state index in [0.29, 0.717) is 12.1 Å². The molecule has 0 saturated carbocycles. The van der Waals surface area contributed by atoms with Crippen LogP contribution in [0, 0.1) is 6.92 Å². The molecule has 7 nitrogen and oxygen atoms in total. The summed E-state index contributed by atoms with van der Waals surface area (Å²) in [6, 6.07) is 7.04. The Morgan fingerprint density at radius 1 is 1.04 bits per heavy atom. The van der Waals surface area contributed by atoms with E-state index in [0.717, 1.165) is 67.1 Å². The van der Waals surface area contributed by atoms with Crippen LogP contribution in [-0.4, -0.2) is 46.2 Å². The Kier molecular flexibility index (Phi) is 5.19. The lowest BCUT2D eigenvalue weighted by Gasteiger charge is -2.34. The van der Waals surface area contributed by atoms with Crippen LogP contribution in [0.4, 0.5) is 0 Å². The maximum absolute atomic E-state index is 12.0. The molecule has 0 amide bonds. The molecule has 3 heterocycles. The van der Waals surface area contributed by atoms with Gasteiger partial charge in [0.2, 0.25) is 0 Å². The minimum absolute atomic E-state index is 0.173. The van der Waals surface area contributed by atoms with Crippen LogP contribution >= 0.6 is 0 Å². The number of hydrogen-bond donors (Lipinski definition) is 1. The topological polar surface area (TPSA) is 83.0 Å². The van der Waals surface area contributed by atoms with E-state index in [4.69, 9.17) is 8.94 Å². The summed E-state index contributed by atoms with van der Waals surface area (Å²) >= 11 is 0. The third kappa shape index (κ3) is 3.95. The lowest BCUT2D eigenvalue weighted by atomic mass is 10.0. The molecule has 0 bridgehead atoms. The van der Waals surface area contributed by atoms with Crippen molar-refractivity contribution < 1.29 is 14.0 Å². The van der Waals surface area contributed by atoms with Gasteiger partial charge in [-0.2, -0.15) is 0 Å². The van der Waals surface area contributed by atoms with Gasteiger partial charge in [-0.3, -0.25) is 9.80 Å². The number of phenolic OH excluding ortho intramolecular Hbond substituents is 1. The molecule has 28 heavy (non-hydrogen) atoms. The third-order valence-electron chi connectivity index (χ3n) is 5.33. The SMILES string of the molecule is CCc1cc2c(CN3CCN(Cc4cc(C)on4)CC3)cc(=O)oc2cc1O. The van der Waals surface area contributed by atoms with Gasteiger partial charge < -0.3 is 14.0 Å². The molecule has 2 aromatic heterocycles. The van der Waals surface area contributed by atoms with Gasteiger partial charge in [-0.25, -0.2) is 4.79 Å². The molecule has 0 atom stereocenters. The van der Waals surface area contributed by atoms with Crippen molar-refractivity contribution in [1.29, 1.82) is 0 Å². The molecule has 0 aliphatic carbocycles. The van der Waals surface area contributed by atoms with Gasteiger partial charge in [0, 0.05) is 62.9 Å². The Balaban J connectivity index is 1.47. The number of rotatable bonds is 5. The van der Waals surface area contributed by atoms with Crippen molar-refractivity contribution in [1.82, 2.24) is 15.0 Å². The first kappa shape index (κ1) is 18.7. The van der Waals surface area contributed by atoms with E-state index < -0.39 is 0 Å². The first-order valence-electron chi connectivity index (χ1n) is 9.67. The average Bonchev–Trinajstić information content (AvgIpc) is 3.07. The standard InChI is InChI=1S/C21H25N3O4/c1-3-15-9-18-16(10-21(26)27-20(18)11-19(15)25)12-23-4-6-24(7-5-23)13-17-8-14(2)28-22-17/h8-11,25H,3-7,12-13H2,1-2H3. The normalized spacial score (nSPS) is 16.1. The fraction of sp³-hybridized carbons (Fsp3) is 0.429. The fourth-order valence-corrected chi connectivity index (χ4v) is 3.79. The van der Waals surface area contributed by atoms with E-state index in [9.17, 15) is 9.90 Å². The predicted octanol–water partition coefficient (Wildman–Crippen LogP) is 2.68. The highest BCUT2D eigenvalue weighted by atomic mass is 16.5. The summed E-state index contributed by atoms with van der Waals surface area (Å²) in [5.41, 5.74) is 2.82. The van der Waals surface area contributed by atoms with E-state index in [1.165, 1.54) is 0 Å². The molecule has 4 rings (SSSR count). The number of aromatic hydroxyl groups is 1. The highest BCUT2D eigenvalue weighted by Gasteiger charge is 2.20. The molecular formula is C21H25N3O4. The van der Waals surface area contributed by atoms with Crippen LogP contribution in [0.5, 0.6) is 5.75 Å². The molecule has 1 fully saturated rings. The fourth-order valence-electron chi connectivity index (χ4n) is 3.79. The number of piperazine rings is 1. The summed E-state index contributed by atoms with van der Waals surface area (Å²) in [6.45, 7) is 9.08. The van der Waals surface area contributed by atoms with Crippen LogP contribution in [-0.2, 0) is 19.5 Å². The van der Waals surface area contributed by atoms with E-state index >= 15 is 0 Å². The number of hydrogen-bond acceptors (Lipinski definition) is 7. The summed E-state index contributed by atoms with van der Waals surface area (Å²) in [5, 5.41) is 15.0. The van der Waals surface area contributed by atoms with E-state index in [1.807, 2.05) is 26.0 Å². The largest absolute Gasteiger partial charge is 0.508 e. The second-order valence-electron chi connectivity index (χ2n) is 7.40. The van der Waals surface area contributed by atoms with Crippen LogP contribution in [0.25, 0.3) is 11.0 Å². The number of aromatic nitrogens is 1. The van der Waals surface area contributed by atoms with Gasteiger partial charge >= 0.3 is 5.63 Å². The van der Waals surface area contributed by atoms with E-state index in [-0.39, 0.29) is 11.4 Å². The van der Waals surface area contributed by atoms with Gasteiger partial charge in [0.1, 0.15) is 17.1 Å². The molecule has 1 N–H and O–H groups in total. The second kappa shape index (κ2) is 7.77. The lowest BCUT2D eigenvalue weighted by Crippen LogP contribution is -2.45. The summed E-state index contributed by atoms with van der Waals surface area (Å²) in [6.07, 6.45) is 0.723. The van der Waals surface area contributed by atoms with Crippen molar-refractivity contribution in [3.8, 4) is 5.75 Å². The Morgan fingerprint density at radius 3 is 2.39 bits per heavy atom. The molecule has 0 radical (unpaired) electrons. The molecule has 0 unspecified atom stereocenters. The highest BCUT2D eigenvalue weighted by molar-refractivity contribution is 5.82. The zero-order valence-electron chi connectivity index (χ0n) is 16.3. The van der Waals surface area contributed by atoms with Crippen LogP contribution in [0.3, 0.4) is 0 Å². The van der Waals surface area contributed by atoms with Gasteiger partial charge in [-0.1, -0.05) is 12.1 Å². The van der Waals surface area contributed by atoms with E-state index in [1.54, 1.807) is 12.1 Å². The smallest absolute Gasteiger partial charge is 0.336 e. The second-order valence-corrected chi connectivity index (χ2v) is 7.40. The monoisotopic (exact) mass is 383 g/mol. The Morgan fingerprint density at radius 2 is 1.75 bits per heavy atom. The summed E-state index contributed by atoms with van der Waals surface area (Å²) < 4.78 is 10.4. The number of nitrogens with zero attached hydrogens (tertiary/aromatic N) is 3. The molecule has 3 aromatic rings. The number of phenols is 1. The molecular weight excluding hydrogens is 358 g/mol. The Hall–Kier alpha value is -2.64. The maximum atomic E-state index is 12.0. The Labute approximate surface area is 163 Å². The average molecular weight is 383 g/mol. The summed E-state index contributed by atoms with van der Waals surface area (Å²) in [7, 11) is 0. The molecule has 0 spiro atoms. The van der Waals surface area contributed by atoms with Gasteiger partial charge in [0.25, 0.3) is 0 Å². The number of fused-ring (bicyclic) bond motifs is 1. The molecule has 7 heteroatoms. The van der Waals surface area contributed by atoms with Gasteiger partial charge in [0.05, 0.1) is 5.69 Å². The van der Waals surface area contributed by atoms with Crippen molar-refractivity contribution in [2.75, 3.05) is 26.2 Å². The minimum atomic E-state index is -0.383. The zero-order chi connectivity index (χ0) is 19.7. The van der Waals surface area contributed by atoms with E-state index in [2.05, 4.69) is 15.0 Å². The first-order valence-corrected chi connectivity index (χ1v) is 9.67. The molecule has 148 valence electrons. The number of aryl methyl sites for hydroxylation is 2. The molecule has 1 aliphatic heterocycles. The van der Waals surface area contributed by atoms with Crippen LogP contribution in [0.1, 0.15) is 29.5 Å². The highest BCUT2D eigenvalue weighted by Crippen LogP contribution is 2.27. The van der Waals surface area contributed by atoms with Crippen molar-refractivity contribution in [3.63, 3.8) is 0 Å². The third-order valence-corrected chi connectivity index (χ3v) is 5.33. The molecule has 1 aliphatic rings. The van der Waals surface area contributed by atoms with Crippen LogP contribution in [0.15, 0.2) is 38.0 Å². The van der Waals surface area contributed by atoms with Crippen LogP contribution < -0.4 is 5.63 Å². The van der Waals surface area contributed by atoms with Crippen molar-refractivity contribution in [2.24, 2.45) is 0 Å². The lowest BCUT2D eigenvalue weighted by molar-refractivity contribution is 0.120. The molecule has 1 saturated heterocycles. The van der Waals surface area contributed by atoms with Crippen molar-refractivity contribution >= 4 is 11.0 Å². The Bertz CT molecular complexity index is 1030. The van der Waals surface area contributed by atoms with Crippen molar-refractivity contribution in [2.45, 2.75) is 33.4 Å². The number of benzene rings is 1. The van der Waals surface area contributed by atoms with Gasteiger partial charge in [0.15, 0.2) is 0 Å². The predicted molar refractivity (Wildman–Crippen MR) is 105 cm³/mol. The van der Waals surface area contributed by atoms with Gasteiger partial charge in [-0.15, -0.1) is 0 Å². The maximum Gasteiger partial charge on any atom is 0.336 e. The quantitative estimate of drug-likeness (QED) is 0.678. The van der Waals surface area contributed by atoms with Crippen LogP contribution in [0.2, 0.25) is 0 Å². The summed E-state index contributed by atoms with van der Waals surface area (Å²) in [5.74, 6) is 1.01. The first-order chi connectivity index (χ1) is 13.5. The summed E-state index contributed by atoms with van der Waals surface area (Å²) in [4.78, 5) is 16.7. The minimum Gasteiger partial charge on any atom is -0.508 e.